The highest BCUT2D eigenvalue weighted by Crippen LogP contribution is 2.21. The van der Waals surface area contributed by atoms with E-state index in [2.05, 4.69) is 16.5 Å². The number of hydrogen-bond donors (Lipinski definition) is 1. The summed E-state index contributed by atoms with van der Waals surface area (Å²) in [7, 11) is 1.88. The van der Waals surface area contributed by atoms with Gasteiger partial charge in [0.2, 0.25) is 5.91 Å². The first-order valence-electron chi connectivity index (χ1n) is 7.71. The number of carbonyl (C=O) groups is 1. The standard InChI is InChI=1S/C17H19N5O/c1-21-10-8-14(20-21)12-19-16-3-2-9-22(17(16)23)15-6-4-13(11-18)5-7-15/h4-8,10,16,19H,2-3,9,12H2,1H3. The van der Waals surface area contributed by atoms with Gasteiger partial charge in [0.05, 0.1) is 23.4 Å². The molecule has 0 aliphatic carbocycles. The van der Waals surface area contributed by atoms with Gasteiger partial charge in [-0.25, -0.2) is 0 Å². The van der Waals surface area contributed by atoms with E-state index in [1.54, 1.807) is 21.7 Å². The molecule has 2 aromatic rings. The maximum absolute atomic E-state index is 12.7. The van der Waals surface area contributed by atoms with Crippen LogP contribution in [0.25, 0.3) is 0 Å². The summed E-state index contributed by atoms with van der Waals surface area (Å²) in [6.07, 6.45) is 3.67. The Hall–Kier alpha value is -2.65. The molecule has 0 spiro atoms. The van der Waals surface area contributed by atoms with E-state index >= 15 is 0 Å². The number of nitrogens with zero attached hydrogens (tertiary/aromatic N) is 4. The maximum atomic E-state index is 12.7. The Labute approximate surface area is 135 Å². The van der Waals surface area contributed by atoms with Crippen molar-refractivity contribution in [3.63, 3.8) is 0 Å². The molecule has 1 aromatic carbocycles. The second-order valence-electron chi connectivity index (χ2n) is 5.71. The number of anilines is 1. The molecular formula is C17H19N5O. The maximum Gasteiger partial charge on any atom is 0.244 e. The molecule has 1 atom stereocenters. The van der Waals surface area contributed by atoms with E-state index in [0.717, 1.165) is 24.2 Å². The van der Waals surface area contributed by atoms with Crippen molar-refractivity contribution in [1.29, 1.82) is 5.26 Å². The highest BCUT2D eigenvalue weighted by atomic mass is 16.2. The van der Waals surface area contributed by atoms with E-state index in [9.17, 15) is 4.79 Å². The fourth-order valence-corrected chi connectivity index (χ4v) is 2.82. The van der Waals surface area contributed by atoms with Crippen molar-refractivity contribution in [2.75, 3.05) is 11.4 Å². The Morgan fingerprint density at radius 1 is 1.35 bits per heavy atom. The van der Waals surface area contributed by atoms with Gasteiger partial charge in [0, 0.05) is 32.0 Å². The second-order valence-corrected chi connectivity index (χ2v) is 5.71. The van der Waals surface area contributed by atoms with Crippen LogP contribution in [0.15, 0.2) is 36.5 Å². The van der Waals surface area contributed by atoms with Gasteiger partial charge in [-0.2, -0.15) is 10.4 Å². The van der Waals surface area contributed by atoms with Crippen molar-refractivity contribution in [1.82, 2.24) is 15.1 Å². The van der Waals surface area contributed by atoms with Crippen LogP contribution >= 0.6 is 0 Å². The molecule has 1 aliphatic heterocycles. The summed E-state index contributed by atoms with van der Waals surface area (Å²) in [5, 5.41) is 16.5. The van der Waals surface area contributed by atoms with E-state index in [4.69, 9.17) is 5.26 Å². The number of rotatable bonds is 4. The minimum atomic E-state index is -0.193. The van der Waals surface area contributed by atoms with Gasteiger partial charge in [0.15, 0.2) is 0 Å². The predicted octanol–water partition coefficient (Wildman–Crippen LogP) is 1.58. The first-order chi connectivity index (χ1) is 11.2. The number of aryl methyl sites for hydroxylation is 1. The summed E-state index contributed by atoms with van der Waals surface area (Å²) in [5.41, 5.74) is 2.37. The van der Waals surface area contributed by atoms with E-state index in [1.165, 1.54) is 0 Å². The summed E-state index contributed by atoms with van der Waals surface area (Å²) in [6, 6.07) is 11.0. The topological polar surface area (TPSA) is 74.0 Å². The van der Waals surface area contributed by atoms with Crippen molar-refractivity contribution >= 4 is 11.6 Å². The largest absolute Gasteiger partial charge is 0.311 e. The minimum Gasteiger partial charge on any atom is -0.311 e. The molecular weight excluding hydrogens is 290 g/mol. The van der Waals surface area contributed by atoms with Gasteiger partial charge in [-0.1, -0.05) is 0 Å². The lowest BCUT2D eigenvalue weighted by Gasteiger charge is -2.32. The molecule has 3 rings (SSSR count). The average Bonchev–Trinajstić information content (AvgIpc) is 2.99. The van der Waals surface area contributed by atoms with Crippen LogP contribution in [0.5, 0.6) is 0 Å². The molecule has 6 heteroatoms. The first kappa shape index (κ1) is 15.3. The van der Waals surface area contributed by atoms with Gasteiger partial charge < -0.3 is 10.2 Å². The SMILES string of the molecule is Cn1ccc(CNC2CCCN(c3ccc(C#N)cc3)C2=O)n1. The van der Waals surface area contributed by atoms with Crippen molar-refractivity contribution in [2.24, 2.45) is 7.05 Å². The van der Waals surface area contributed by atoms with Crippen LogP contribution in [0.2, 0.25) is 0 Å². The summed E-state index contributed by atoms with van der Waals surface area (Å²) in [6.45, 7) is 1.30. The van der Waals surface area contributed by atoms with E-state index in [1.807, 2.05) is 31.4 Å². The molecule has 1 unspecified atom stereocenters. The van der Waals surface area contributed by atoms with Crippen LogP contribution in [0.4, 0.5) is 5.69 Å². The number of amides is 1. The number of benzene rings is 1. The first-order valence-corrected chi connectivity index (χ1v) is 7.71. The van der Waals surface area contributed by atoms with Gasteiger partial charge in [0.1, 0.15) is 0 Å². The molecule has 6 nitrogen and oxygen atoms in total. The lowest BCUT2D eigenvalue weighted by atomic mass is 10.0. The molecule has 2 heterocycles. The highest BCUT2D eigenvalue weighted by Gasteiger charge is 2.29. The molecule has 1 amide bonds. The smallest absolute Gasteiger partial charge is 0.244 e. The Kier molecular flexibility index (Phi) is 4.40. The summed E-state index contributed by atoms with van der Waals surface area (Å²) >= 11 is 0. The van der Waals surface area contributed by atoms with Gasteiger partial charge in [-0.15, -0.1) is 0 Å². The fraction of sp³-hybridized carbons (Fsp3) is 0.353. The number of nitrogens with one attached hydrogen (secondary N) is 1. The van der Waals surface area contributed by atoms with Crippen LogP contribution in [0.3, 0.4) is 0 Å². The molecule has 0 radical (unpaired) electrons. The summed E-state index contributed by atoms with van der Waals surface area (Å²) in [5.74, 6) is 0.0805. The zero-order valence-electron chi connectivity index (χ0n) is 13.1. The molecule has 1 N–H and O–H groups in total. The number of nitriles is 1. The van der Waals surface area contributed by atoms with Crippen LogP contribution in [-0.4, -0.2) is 28.3 Å². The normalized spacial score (nSPS) is 18.0. The van der Waals surface area contributed by atoms with E-state index < -0.39 is 0 Å². The van der Waals surface area contributed by atoms with Crippen LogP contribution in [0, 0.1) is 11.3 Å². The molecule has 23 heavy (non-hydrogen) atoms. The van der Waals surface area contributed by atoms with Crippen molar-refractivity contribution in [2.45, 2.75) is 25.4 Å². The molecule has 0 bridgehead atoms. The molecule has 118 valence electrons. The zero-order chi connectivity index (χ0) is 16.2. The average molecular weight is 309 g/mol. The van der Waals surface area contributed by atoms with Crippen molar-refractivity contribution in [3.8, 4) is 6.07 Å². The third-order valence-corrected chi connectivity index (χ3v) is 4.05. The minimum absolute atomic E-state index is 0.0805. The lowest BCUT2D eigenvalue weighted by Crippen LogP contribution is -2.50. The number of hydrogen-bond acceptors (Lipinski definition) is 4. The van der Waals surface area contributed by atoms with Crippen LogP contribution < -0.4 is 10.2 Å². The van der Waals surface area contributed by atoms with E-state index in [-0.39, 0.29) is 11.9 Å². The summed E-state index contributed by atoms with van der Waals surface area (Å²) < 4.78 is 1.75. The highest BCUT2D eigenvalue weighted by molar-refractivity contribution is 5.97. The monoisotopic (exact) mass is 309 g/mol. The number of carbonyl (C=O) groups excluding carboxylic acids is 1. The lowest BCUT2D eigenvalue weighted by molar-refractivity contribution is -0.121. The Morgan fingerprint density at radius 3 is 2.78 bits per heavy atom. The van der Waals surface area contributed by atoms with Gasteiger partial charge in [-0.05, 0) is 43.2 Å². The second kappa shape index (κ2) is 6.63. The zero-order valence-corrected chi connectivity index (χ0v) is 13.1. The number of aromatic nitrogens is 2. The third kappa shape index (κ3) is 3.41. The Balaban J connectivity index is 1.66. The Morgan fingerprint density at radius 2 is 2.13 bits per heavy atom. The van der Waals surface area contributed by atoms with Crippen molar-refractivity contribution < 1.29 is 4.79 Å². The molecule has 0 saturated carbocycles. The molecule has 1 saturated heterocycles. The van der Waals surface area contributed by atoms with Gasteiger partial charge in [-0.3, -0.25) is 9.48 Å². The van der Waals surface area contributed by atoms with Crippen LogP contribution in [0.1, 0.15) is 24.1 Å². The quantitative estimate of drug-likeness (QED) is 0.930. The van der Waals surface area contributed by atoms with Crippen molar-refractivity contribution in [3.05, 3.63) is 47.8 Å². The molecule has 1 fully saturated rings. The fourth-order valence-electron chi connectivity index (χ4n) is 2.82. The van der Waals surface area contributed by atoms with E-state index in [0.29, 0.717) is 18.7 Å². The van der Waals surface area contributed by atoms with Gasteiger partial charge in [0.25, 0.3) is 0 Å². The van der Waals surface area contributed by atoms with Crippen LogP contribution in [-0.2, 0) is 18.4 Å². The molecule has 1 aromatic heterocycles. The molecule has 1 aliphatic rings. The summed E-state index contributed by atoms with van der Waals surface area (Å²) in [4.78, 5) is 14.5. The van der Waals surface area contributed by atoms with Gasteiger partial charge >= 0.3 is 0 Å². The number of piperidine rings is 1. The third-order valence-electron chi connectivity index (χ3n) is 4.05. The Bertz CT molecular complexity index is 728. The predicted molar refractivity (Wildman–Crippen MR) is 86.6 cm³/mol.